The van der Waals surface area contributed by atoms with Crippen LogP contribution in [0.3, 0.4) is 0 Å². The molecule has 8 heteroatoms. The van der Waals surface area contributed by atoms with Crippen LogP contribution in [-0.2, 0) is 10.0 Å². The van der Waals surface area contributed by atoms with Crippen molar-refractivity contribution in [2.75, 3.05) is 30.2 Å². The van der Waals surface area contributed by atoms with Crippen LogP contribution in [0.2, 0.25) is 0 Å². The normalized spacial score (nSPS) is 13.9. The molecule has 0 unspecified atom stereocenters. The van der Waals surface area contributed by atoms with Crippen LogP contribution in [0.4, 0.5) is 5.69 Å². The number of nitrogens with zero attached hydrogens (tertiary/aromatic N) is 1. The van der Waals surface area contributed by atoms with E-state index in [-0.39, 0.29) is 18.2 Å². The number of aliphatic imine (C=N–C) groups is 1. The molecule has 6 nitrogen and oxygen atoms in total. The summed E-state index contributed by atoms with van der Waals surface area (Å²) >= 11 is 0. The van der Waals surface area contributed by atoms with Gasteiger partial charge in [-0.05, 0) is 18.6 Å². The highest BCUT2D eigenvalue weighted by molar-refractivity contribution is 7.92. The van der Waals surface area contributed by atoms with Gasteiger partial charge in [0.25, 0.3) is 0 Å². The van der Waals surface area contributed by atoms with Crippen LogP contribution in [0.25, 0.3) is 0 Å². The van der Waals surface area contributed by atoms with Crippen molar-refractivity contribution in [3.8, 4) is 5.75 Å². The Morgan fingerprint density at radius 1 is 1.43 bits per heavy atom. The molecule has 1 aliphatic heterocycles. The maximum absolute atomic E-state index is 11.7. The average Bonchev–Trinajstić information content (AvgIpc) is 2.89. The summed E-state index contributed by atoms with van der Waals surface area (Å²) in [4.78, 5) is 4.23. The zero-order valence-electron chi connectivity index (χ0n) is 11.8. The highest BCUT2D eigenvalue weighted by Crippen LogP contribution is 2.18. The molecule has 2 N–H and O–H groups in total. The van der Waals surface area contributed by atoms with Crippen molar-refractivity contribution in [2.24, 2.45) is 4.99 Å². The fourth-order valence-electron chi connectivity index (χ4n) is 1.84. The van der Waals surface area contributed by atoms with Gasteiger partial charge in [-0.2, -0.15) is 0 Å². The van der Waals surface area contributed by atoms with Gasteiger partial charge in [0.15, 0.2) is 0 Å². The Hall–Kier alpha value is -1.47. The van der Waals surface area contributed by atoms with E-state index in [4.69, 9.17) is 4.74 Å². The number of nitrogens with one attached hydrogen (secondary N) is 2. The lowest BCUT2D eigenvalue weighted by atomic mass is 10.3. The first-order chi connectivity index (χ1) is 9.59. The molecule has 0 aromatic heterocycles. The summed E-state index contributed by atoms with van der Waals surface area (Å²) in [6.07, 6.45) is 0.580. The SMILES string of the molecule is CCCS(=O)(=O)Nc1cccc(OCC2=NCCN2)c1.Cl. The van der Waals surface area contributed by atoms with Crippen LogP contribution < -0.4 is 14.8 Å². The molecule has 0 aliphatic carbocycles. The number of halogens is 1. The summed E-state index contributed by atoms with van der Waals surface area (Å²) in [6, 6.07) is 6.91. The van der Waals surface area contributed by atoms with E-state index in [2.05, 4.69) is 15.0 Å². The van der Waals surface area contributed by atoms with Crippen LogP contribution in [0.5, 0.6) is 5.75 Å². The summed E-state index contributed by atoms with van der Waals surface area (Å²) in [7, 11) is -3.27. The topological polar surface area (TPSA) is 79.8 Å². The number of amidine groups is 1. The fraction of sp³-hybridized carbons (Fsp3) is 0.462. The van der Waals surface area contributed by atoms with Crippen molar-refractivity contribution < 1.29 is 13.2 Å². The van der Waals surface area contributed by atoms with Crippen LogP contribution in [0, 0.1) is 0 Å². The molecule has 0 saturated carbocycles. The van der Waals surface area contributed by atoms with Gasteiger partial charge in [-0.25, -0.2) is 8.42 Å². The molecule has 0 radical (unpaired) electrons. The van der Waals surface area contributed by atoms with Crippen LogP contribution in [0.1, 0.15) is 13.3 Å². The number of anilines is 1. The van der Waals surface area contributed by atoms with Crippen molar-refractivity contribution in [3.63, 3.8) is 0 Å². The second kappa shape index (κ2) is 8.09. The molecule has 118 valence electrons. The first-order valence-corrected chi connectivity index (χ1v) is 8.25. The minimum absolute atomic E-state index is 0. The molecular weight excluding hydrogens is 314 g/mol. The lowest BCUT2D eigenvalue weighted by molar-refractivity contribution is 0.374. The van der Waals surface area contributed by atoms with Crippen molar-refractivity contribution >= 4 is 34.0 Å². The predicted octanol–water partition coefficient (Wildman–Crippen LogP) is 1.64. The Morgan fingerprint density at radius 2 is 2.24 bits per heavy atom. The van der Waals surface area contributed by atoms with E-state index in [0.717, 1.165) is 18.9 Å². The van der Waals surface area contributed by atoms with Gasteiger partial charge in [-0.1, -0.05) is 13.0 Å². The molecule has 0 bridgehead atoms. The third kappa shape index (κ3) is 5.81. The Balaban J connectivity index is 0.00000220. The Labute approximate surface area is 131 Å². The van der Waals surface area contributed by atoms with Crippen molar-refractivity contribution in [2.45, 2.75) is 13.3 Å². The fourth-order valence-corrected chi connectivity index (χ4v) is 2.97. The third-order valence-electron chi connectivity index (χ3n) is 2.70. The van der Waals surface area contributed by atoms with Gasteiger partial charge in [0.2, 0.25) is 10.0 Å². The lowest BCUT2D eigenvalue weighted by Crippen LogP contribution is -2.24. The minimum atomic E-state index is -3.27. The van der Waals surface area contributed by atoms with Crippen molar-refractivity contribution in [1.29, 1.82) is 0 Å². The van der Waals surface area contributed by atoms with Crippen molar-refractivity contribution in [3.05, 3.63) is 24.3 Å². The molecule has 0 amide bonds. The zero-order chi connectivity index (χ0) is 14.4. The molecule has 0 fully saturated rings. The van der Waals surface area contributed by atoms with Gasteiger partial charge >= 0.3 is 0 Å². The van der Waals surface area contributed by atoms with E-state index < -0.39 is 10.0 Å². The predicted molar refractivity (Wildman–Crippen MR) is 87.2 cm³/mol. The molecule has 1 aromatic carbocycles. The molecule has 1 aliphatic rings. The Bertz CT molecular complexity index is 590. The summed E-state index contributed by atoms with van der Waals surface area (Å²) < 4.78 is 31.5. The zero-order valence-corrected chi connectivity index (χ0v) is 13.5. The van der Waals surface area contributed by atoms with E-state index >= 15 is 0 Å². The monoisotopic (exact) mass is 333 g/mol. The van der Waals surface area contributed by atoms with E-state index in [0.29, 0.717) is 24.5 Å². The molecule has 0 spiro atoms. The summed E-state index contributed by atoms with van der Waals surface area (Å²) in [6.45, 7) is 3.81. The first-order valence-electron chi connectivity index (χ1n) is 6.59. The van der Waals surface area contributed by atoms with Gasteiger partial charge in [-0.3, -0.25) is 9.71 Å². The smallest absolute Gasteiger partial charge is 0.232 e. The van der Waals surface area contributed by atoms with E-state index in [1.165, 1.54) is 0 Å². The molecule has 2 rings (SSSR count). The molecule has 0 atom stereocenters. The number of benzene rings is 1. The van der Waals surface area contributed by atoms with Crippen LogP contribution in [-0.4, -0.2) is 39.7 Å². The van der Waals surface area contributed by atoms with Gasteiger partial charge in [0.05, 0.1) is 18.0 Å². The number of ether oxygens (including phenoxy) is 1. The quantitative estimate of drug-likeness (QED) is 0.795. The summed E-state index contributed by atoms with van der Waals surface area (Å²) in [5, 5.41) is 3.11. The second-order valence-electron chi connectivity index (χ2n) is 4.49. The molecule has 21 heavy (non-hydrogen) atoms. The maximum atomic E-state index is 11.7. The van der Waals surface area contributed by atoms with E-state index in [1.54, 1.807) is 24.3 Å². The van der Waals surface area contributed by atoms with Gasteiger partial charge in [0.1, 0.15) is 18.2 Å². The molecule has 1 aromatic rings. The first kappa shape index (κ1) is 17.6. The summed E-state index contributed by atoms with van der Waals surface area (Å²) in [5.74, 6) is 1.54. The molecule has 1 heterocycles. The van der Waals surface area contributed by atoms with Gasteiger partial charge < -0.3 is 10.1 Å². The van der Waals surface area contributed by atoms with Crippen LogP contribution >= 0.6 is 12.4 Å². The van der Waals surface area contributed by atoms with Gasteiger partial charge in [-0.15, -0.1) is 12.4 Å². The number of rotatable bonds is 7. The standard InChI is InChI=1S/C13H19N3O3S.ClH/c1-2-8-20(17,18)16-11-4-3-5-12(9-11)19-10-13-14-6-7-15-13;/h3-5,9,16H,2,6-8,10H2,1H3,(H,14,15);1H. The number of hydrogen-bond acceptors (Lipinski definition) is 5. The lowest BCUT2D eigenvalue weighted by Gasteiger charge is -2.10. The Kier molecular flexibility index (Phi) is 6.77. The minimum Gasteiger partial charge on any atom is -0.486 e. The van der Waals surface area contributed by atoms with Crippen LogP contribution in [0.15, 0.2) is 29.3 Å². The maximum Gasteiger partial charge on any atom is 0.232 e. The highest BCUT2D eigenvalue weighted by atomic mass is 35.5. The molecular formula is C13H20ClN3O3S. The molecule has 0 saturated heterocycles. The van der Waals surface area contributed by atoms with Gasteiger partial charge in [0, 0.05) is 12.6 Å². The van der Waals surface area contributed by atoms with Crippen molar-refractivity contribution in [1.82, 2.24) is 5.32 Å². The number of sulfonamides is 1. The summed E-state index contributed by atoms with van der Waals surface area (Å²) in [5.41, 5.74) is 0.511. The Morgan fingerprint density at radius 3 is 2.90 bits per heavy atom. The highest BCUT2D eigenvalue weighted by Gasteiger charge is 2.10. The number of hydrogen-bond donors (Lipinski definition) is 2. The second-order valence-corrected chi connectivity index (χ2v) is 6.33. The van der Waals surface area contributed by atoms with E-state index in [9.17, 15) is 8.42 Å². The third-order valence-corrected chi connectivity index (χ3v) is 4.19. The van der Waals surface area contributed by atoms with E-state index in [1.807, 2.05) is 6.92 Å². The average molecular weight is 334 g/mol. The largest absolute Gasteiger partial charge is 0.486 e.